The van der Waals surface area contributed by atoms with Gasteiger partial charge in [0.25, 0.3) is 0 Å². The maximum absolute atomic E-state index is 11.7. The number of rotatable bonds is 5. The summed E-state index contributed by atoms with van der Waals surface area (Å²) in [5, 5.41) is 16.9. The first kappa shape index (κ1) is 14.2. The van der Waals surface area contributed by atoms with Crippen LogP contribution in [0.4, 0.5) is 11.5 Å². The van der Waals surface area contributed by atoms with Gasteiger partial charge in [0.05, 0.1) is 23.9 Å². The molecule has 0 bridgehead atoms. The number of nitro groups is 1. The predicted molar refractivity (Wildman–Crippen MR) is 76.3 cm³/mol. The van der Waals surface area contributed by atoms with Gasteiger partial charge in [-0.25, -0.2) is 0 Å². The Morgan fingerprint density at radius 2 is 2.25 bits per heavy atom. The first-order chi connectivity index (χ1) is 9.54. The quantitative estimate of drug-likeness (QED) is 0.670. The first-order valence-corrected chi connectivity index (χ1v) is 6.57. The number of carbonyl (C=O) groups excluding carboxylic acids is 1. The number of carbonyl (C=O) groups is 1. The molecule has 0 saturated carbocycles. The number of aromatic nitrogens is 2. The van der Waals surface area contributed by atoms with E-state index in [1.165, 1.54) is 16.9 Å². The molecule has 0 atom stereocenters. The van der Waals surface area contributed by atoms with Crippen LogP contribution in [0.15, 0.2) is 41.0 Å². The molecule has 0 saturated heterocycles. The van der Waals surface area contributed by atoms with Crippen LogP contribution in [0.25, 0.3) is 0 Å². The number of nitrogens with one attached hydrogen (secondary N) is 1. The van der Waals surface area contributed by atoms with Crippen LogP contribution in [-0.2, 0) is 11.3 Å². The minimum absolute atomic E-state index is 0.179. The molecule has 0 aliphatic heterocycles. The fourth-order valence-electron chi connectivity index (χ4n) is 1.58. The third-order valence-electron chi connectivity index (χ3n) is 2.49. The second kappa shape index (κ2) is 6.29. The highest BCUT2D eigenvalue weighted by Gasteiger charge is 2.11. The minimum Gasteiger partial charge on any atom is -0.358 e. The molecule has 1 heterocycles. The van der Waals surface area contributed by atoms with E-state index in [-0.39, 0.29) is 24.7 Å². The molecule has 0 spiro atoms. The molecule has 1 aromatic heterocycles. The van der Waals surface area contributed by atoms with Crippen LogP contribution >= 0.6 is 15.9 Å². The third kappa shape index (κ3) is 3.89. The Kier molecular flexibility index (Phi) is 4.46. The van der Waals surface area contributed by atoms with Crippen LogP contribution in [0, 0.1) is 10.1 Å². The van der Waals surface area contributed by atoms with Gasteiger partial charge in [-0.2, -0.15) is 4.68 Å². The molecular formula is C12H11BrN4O3. The van der Waals surface area contributed by atoms with Crippen molar-refractivity contribution in [3.8, 4) is 0 Å². The molecule has 1 N–H and O–H groups in total. The van der Waals surface area contributed by atoms with Crippen molar-refractivity contribution >= 4 is 33.3 Å². The molecule has 0 unspecified atom stereocenters. The molecule has 20 heavy (non-hydrogen) atoms. The number of hydrogen-bond donors (Lipinski definition) is 1. The fourth-order valence-corrected chi connectivity index (χ4v) is 1.98. The second-order valence-electron chi connectivity index (χ2n) is 4.00. The minimum atomic E-state index is -0.571. The van der Waals surface area contributed by atoms with Gasteiger partial charge in [-0.15, -0.1) is 0 Å². The molecule has 1 aromatic carbocycles. The average Bonchev–Trinajstić information content (AvgIpc) is 2.85. The summed E-state index contributed by atoms with van der Waals surface area (Å²) >= 11 is 3.31. The van der Waals surface area contributed by atoms with E-state index >= 15 is 0 Å². The molecule has 7 nitrogen and oxygen atoms in total. The summed E-state index contributed by atoms with van der Waals surface area (Å²) in [4.78, 5) is 21.6. The predicted octanol–water partition coefficient (Wildman–Crippen LogP) is 2.58. The Morgan fingerprint density at radius 3 is 2.90 bits per heavy atom. The summed E-state index contributed by atoms with van der Waals surface area (Å²) in [6, 6.07) is 8.54. The smallest absolute Gasteiger partial charge is 0.358 e. The zero-order valence-corrected chi connectivity index (χ0v) is 11.9. The molecule has 2 aromatic rings. The van der Waals surface area contributed by atoms with E-state index in [2.05, 4.69) is 26.3 Å². The number of benzene rings is 1. The van der Waals surface area contributed by atoms with Crippen LogP contribution in [0.1, 0.15) is 6.42 Å². The second-order valence-corrected chi connectivity index (χ2v) is 4.92. The molecule has 0 aliphatic rings. The van der Waals surface area contributed by atoms with E-state index in [1.54, 1.807) is 12.1 Å². The Hall–Kier alpha value is -2.22. The summed E-state index contributed by atoms with van der Waals surface area (Å²) < 4.78 is 2.25. The largest absolute Gasteiger partial charge is 0.389 e. The van der Waals surface area contributed by atoms with Crippen molar-refractivity contribution in [3.63, 3.8) is 0 Å². The van der Waals surface area contributed by atoms with E-state index in [0.717, 1.165) is 4.47 Å². The van der Waals surface area contributed by atoms with Gasteiger partial charge in [-0.05, 0) is 23.1 Å². The highest BCUT2D eigenvalue weighted by molar-refractivity contribution is 9.10. The highest BCUT2D eigenvalue weighted by Crippen LogP contribution is 2.15. The summed E-state index contributed by atoms with van der Waals surface area (Å²) in [5.41, 5.74) is 0.691. The van der Waals surface area contributed by atoms with Gasteiger partial charge in [0.2, 0.25) is 5.91 Å². The van der Waals surface area contributed by atoms with Crippen LogP contribution in [-0.4, -0.2) is 20.6 Å². The molecule has 104 valence electrons. The molecule has 8 heteroatoms. The van der Waals surface area contributed by atoms with Crippen molar-refractivity contribution in [3.05, 3.63) is 51.1 Å². The van der Waals surface area contributed by atoms with Gasteiger partial charge in [0.15, 0.2) is 0 Å². The monoisotopic (exact) mass is 338 g/mol. The number of nitrogens with zero attached hydrogens (tertiary/aromatic N) is 3. The van der Waals surface area contributed by atoms with Gasteiger partial charge < -0.3 is 15.4 Å². The Morgan fingerprint density at radius 1 is 1.45 bits per heavy atom. The molecule has 2 rings (SSSR count). The van der Waals surface area contributed by atoms with E-state index < -0.39 is 4.92 Å². The SMILES string of the molecule is O=C(CCn1ccc([N+](=O)[O-])n1)Nc1cccc(Br)c1. The topological polar surface area (TPSA) is 90.1 Å². The van der Waals surface area contributed by atoms with Crippen molar-refractivity contribution in [2.45, 2.75) is 13.0 Å². The summed E-state index contributed by atoms with van der Waals surface area (Å²) in [7, 11) is 0. The molecule has 0 radical (unpaired) electrons. The van der Waals surface area contributed by atoms with Gasteiger partial charge in [0, 0.05) is 16.6 Å². The van der Waals surface area contributed by atoms with Crippen LogP contribution < -0.4 is 5.32 Å². The average molecular weight is 339 g/mol. The summed E-state index contributed by atoms with van der Waals surface area (Å²) in [5.74, 6) is -0.404. The molecular weight excluding hydrogens is 328 g/mol. The standard InChI is InChI=1S/C12H11BrN4O3/c13-9-2-1-3-10(8-9)14-12(18)5-7-16-6-4-11(15-16)17(19)20/h1-4,6,8H,5,7H2,(H,14,18). The first-order valence-electron chi connectivity index (χ1n) is 5.78. The van der Waals surface area contributed by atoms with Gasteiger partial charge in [0.1, 0.15) is 0 Å². The van der Waals surface area contributed by atoms with E-state index in [1.807, 2.05) is 12.1 Å². The highest BCUT2D eigenvalue weighted by atomic mass is 79.9. The Bertz CT molecular complexity index is 641. The maximum atomic E-state index is 11.7. The number of amides is 1. The van der Waals surface area contributed by atoms with Crippen LogP contribution in [0.2, 0.25) is 0 Å². The summed E-state index contributed by atoms with van der Waals surface area (Å²) in [6.07, 6.45) is 1.66. The van der Waals surface area contributed by atoms with Crippen molar-refractivity contribution in [2.24, 2.45) is 0 Å². The van der Waals surface area contributed by atoms with Gasteiger partial charge in [-0.1, -0.05) is 22.0 Å². The Labute approximate surface area is 122 Å². The lowest BCUT2D eigenvalue weighted by atomic mass is 10.3. The van der Waals surface area contributed by atoms with Crippen molar-refractivity contribution < 1.29 is 9.72 Å². The lowest BCUT2D eigenvalue weighted by Gasteiger charge is -2.04. The lowest BCUT2D eigenvalue weighted by Crippen LogP contribution is -2.14. The number of hydrogen-bond acceptors (Lipinski definition) is 4. The van der Waals surface area contributed by atoms with E-state index in [9.17, 15) is 14.9 Å². The zero-order chi connectivity index (χ0) is 14.5. The molecule has 0 fully saturated rings. The van der Waals surface area contributed by atoms with Gasteiger partial charge in [-0.3, -0.25) is 4.79 Å². The van der Waals surface area contributed by atoms with Crippen LogP contribution in [0.3, 0.4) is 0 Å². The van der Waals surface area contributed by atoms with Crippen molar-refractivity contribution in [2.75, 3.05) is 5.32 Å². The van der Waals surface area contributed by atoms with Crippen molar-refractivity contribution in [1.29, 1.82) is 0 Å². The van der Waals surface area contributed by atoms with Crippen LogP contribution in [0.5, 0.6) is 0 Å². The normalized spacial score (nSPS) is 10.2. The lowest BCUT2D eigenvalue weighted by molar-refractivity contribution is -0.389. The Balaban J connectivity index is 1.87. The van der Waals surface area contributed by atoms with Gasteiger partial charge >= 0.3 is 5.82 Å². The summed E-state index contributed by atoms with van der Waals surface area (Å²) in [6.45, 7) is 0.285. The molecule has 0 aliphatic carbocycles. The molecule has 1 amide bonds. The van der Waals surface area contributed by atoms with E-state index in [4.69, 9.17) is 0 Å². The number of halogens is 1. The zero-order valence-electron chi connectivity index (χ0n) is 10.3. The fraction of sp³-hybridized carbons (Fsp3) is 0.167. The number of aryl methyl sites for hydroxylation is 1. The van der Waals surface area contributed by atoms with E-state index in [0.29, 0.717) is 5.69 Å². The maximum Gasteiger partial charge on any atom is 0.389 e. The van der Waals surface area contributed by atoms with Crippen molar-refractivity contribution in [1.82, 2.24) is 9.78 Å². The third-order valence-corrected chi connectivity index (χ3v) is 2.98. The number of anilines is 1.